The zero-order chi connectivity index (χ0) is 35.5. The van der Waals surface area contributed by atoms with Crippen molar-refractivity contribution >= 4 is 29.3 Å². The molecule has 18 rings (SSSR count). The average molecular weight is 757 g/mol. The van der Waals surface area contributed by atoms with Crippen LogP contribution in [0.2, 0.25) is 0 Å². The van der Waals surface area contributed by atoms with E-state index in [9.17, 15) is 0 Å². The Labute approximate surface area is 332 Å². The minimum absolute atomic E-state index is 0.175. The van der Waals surface area contributed by atoms with E-state index in [-0.39, 0.29) is 10.3 Å². The van der Waals surface area contributed by atoms with Gasteiger partial charge in [-0.1, -0.05) is 36.4 Å². The van der Waals surface area contributed by atoms with E-state index in [0.29, 0.717) is 21.7 Å². The second-order valence-electron chi connectivity index (χ2n) is 25.1. The van der Waals surface area contributed by atoms with E-state index in [1.54, 1.807) is 165 Å². The second kappa shape index (κ2) is 10.8. The first-order chi connectivity index (χ1) is 26.1. The predicted molar refractivity (Wildman–Crippen MR) is 229 cm³/mol. The van der Waals surface area contributed by atoms with Crippen molar-refractivity contribution in [2.45, 2.75) is 164 Å². The average Bonchev–Trinajstić information content (AvgIpc) is 3.11. The van der Waals surface area contributed by atoms with Gasteiger partial charge in [-0.3, -0.25) is 0 Å². The Morgan fingerprint density at radius 2 is 0.630 bits per heavy atom. The lowest BCUT2D eigenvalue weighted by molar-refractivity contribution is -0.165. The summed E-state index contributed by atoms with van der Waals surface area (Å²) in [5.41, 5.74) is 5.76. The molecule has 16 saturated carbocycles. The van der Waals surface area contributed by atoms with Crippen LogP contribution in [-0.4, -0.2) is 0 Å². The summed E-state index contributed by atoms with van der Waals surface area (Å²) in [7, 11) is 8.26. The number of fused-ring (bicyclic) bond motifs is 1. The predicted octanol–water partition coefficient (Wildman–Crippen LogP) is 13.8. The van der Waals surface area contributed by atoms with Crippen molar-refractivity contribution < 1.29 is 0 Å². The van der Waals surface area contributed by atoms with Crippen LogP contribution in [0.4, 0.5) is 0 Å². The quantitative estimate of drug-likeness (QED) is 0.258. The summed E-state index contributed by atoms with van der Waals surface area (Å²) in [5.74, 6) is 12.0. The molecule has 2 heteroatoms. The standard InChI is InChI=1S/C52H70P2/c53-51(47-19-31-7-32(20-47)9-33(8-31)21-47,48-22-34-10-35(23-48)12-36(11-34)24-48)45-6-5-43-3-1-2-4-44(43)46(45)52(54,49-25-37-13-38(26-49)15-39(14-37)27-49)50-28-40-16-41(29-50)18-42(17-40)30-50/h1-6,31-42H,7-30,53-54H2. The molecule has 2 aromatic carbocycles. The first-order valence-electron chi connectivity index (χ1n) is 24.3. The summed E-state index contributed by atoms with van der Waals surface area (Å²) in [6.07, 6.45) is 37.4. The van der Waals surface area contributed by atoms with Crippen LogP contribution in [0.3, 0.4) is 0 Å². The van der Waals surface area contributed by atoms with Crippen molar-refractivity contribution in [2.75, 3.05) is 0 Å². The van der Waals surface area contributed by atoms with Gasteiger partial charge in [0.15, 0.2) is 0 Å². The maximum Gasteiger partial charge on any atom is 0.0219 e. The normalized spacial score (nSPS) is 54.8. The topological polar surface area (TPSA) is 0 Å². The molecule has 0 spiro atoms. The molecule has 16 aliphatic rings. The molecule has 16 fully saturated rings. The van der Waals surface area contributed by atoms with Gasteiger partial charge in [0.2, 0.25) is 0 Å². The SMILES string of the molecule is PC(c1ccc2ccccc2c1C(P)(C12CC3CC(CC(C3)C1)C2)C12CC3CC(CC(C3)C1)C2)(C12CC3CC(CC(C3)C1)C2)C12CC3CC(CC(C3)C1)C2. The van der Waals surface area contributed by atoms with Gasteiger partial charge < -0.3 is 0 Å². The molecule has 16 bridgehead atoms. The first kappa shape index (κ1) is 33.4. The fraction of sp³-hybridized carbons (Fsp3) is 0.808. The van der Waals surface area contributed by atoms with E-state index in [2.05, 4.69) is 54.9 Å². The van der Waals surface area contributed by atoms with Crippen LogP contribution >= 0.6 is 18.5 Å². The van der Waals surface area contributed by atoms with Gasteiger partial charge in [0.25, 0.3) is 0 Å². The second-order valence-corrected chi connectivity index (χ2v) is 26.8. The summed E-state index contributed by atoms with van der Waals surface area (Å²) >= 11 is 0. The van der Waals surface area contributed by atoms with Crippen LogP contribution in [0.25, 0.3) is 10.8 Å². The number of benzene rings is 2. The van der Waals surface area contributed by atoms with Crippen molar-refractivity contribution in [2.24, 2.45) is 92.7 Å². The van der Waals surface area contributed by atoms with Gasteiger partial charge in [-0.2, -0.15) is 0 Å². The van der Waals surface area contributed by atoms with E-state index in [4.69, 9.17) is 0 Å². The molecule has 0 amide bonds. The van der Waals surface area contributed by atoms with Crippen molar-refractivity contribution in [1.29, 1.82) is 0 Å². The first-order valence-corrected chi connectivity index (χ1v) is 25.4. The summed E-state index contributed by atoms with van der Waals surface area (Å²) in [6.45, 7) is 0. The molecule has 0 heterocycles. The van der Waals surface area contributed by atoms with Gasteiger partial charge in [0.05, 0.1) is 0 Å². The van der Waals surface area contributed by atoms with E-state index in [1.807, 2.05) is 11.1 Å². The van der Waals surface area contributed by atoms with Crippen LogP contribution < -0.4 is 0 Å². The van der Waals surface area contributed by atoms with E-state index in [1.165, 1.54) is 0 Å². The highest BCUT2D eigenvalue weighted by Gasteiger charge is 2.73. The molecule has 2 aromatic rings. The molecule has 0 N–H and O–H groups in total. The Morgan fingerprint density at radius 3 is 0.944 bits per heavy atom. The molecule has 0 nitrogen and oxygen atoms in total. The molecular formula is C52H70P2. The third-order valence-corrected chi connectivity index (χ3v) is 25.3. The van der Waals surface area contributed by atoms with Crippen LogP contribution in [0, 0.1) is 92.7 Å². The molecule has 288 valence electrons. The lowest BCUT2D eigenvalue weighted by Crippen LogP contribution is -2.67. The Hall–Kier alpha value is -0.440. The summed E-state index contributed by atoms with van der Waals surface area (Å²) < 4.78 is 0. The van der Waals surface area contributed by atoms with Crippen LogP contribution in [-0.2, 0) is 10.3 Å². The van der Waals surface area contributed by atoms with Crippen LogP contribution in [0.1, 0.15) is 165 Å². The van der Waals surface area contributed by atoms with Crippen molar-refractivity contribution in [1.82, 2.24) is 0 Å². The highest BCUT2D eigenvalue weighted by molar-refractivity contribution is 7.19. The molecule has 0 saturated heterocycles. The third-order valence-electron chi connectivity index (χ3n) is 22.2. The van der Waals surface area contributed by atoms with E-state index in [0.717, 1.165) is 71.0 Å². The molecule has 54 heavy (non-hydrogen) atoms. The maximum atomic E-state index is 4.14. The van der Waals surface area contributed by atoms with Gasteiger partial charge in [0.1, 0.15) is 0 Å². The van der Waals surface area contributed by atoms with Gasteiger partial charge in [-0.25, -0.2) is 0 Å². The minimum atomic E-state index is 0.175. The molecule has 0 aliphatic heterocycles. The fourth-order valence-corrected chi connectivity index (χ4v) is 24.6. The van der Waals surface area contributed by atoms with Gasteiger partial charge in [0, 0.05) is 10.3 Å². The van der Waals surface area contributed by atoms with Crippen LogP contribution in [0.5, 0.6) is 0 Å². The summed E-state index contributed by atoms with van der Waals surface area (Å²) in [4.78, 5) is 0. The lowest BCUT2D eigenvalue weighted by atomic mass is 9.34. The molecule has 16 aliphatic carbocycles. The number of hydrogen-bond acceptors (Lipinski definition) is 0. The van der Waals surface area contributed by atoms with E-state index < -0.39 is 0 Å². The zero-order valence-corrected chi connectivity index (χ0v) is 35.8. The fourth-order valence-electron chi connectivity index (χ4n) is 22.6. The van der Waals surface area contributed by atoms with Crippen molar-refractivity contribution in [3.05, 3.63) is 47.5 Å². The largest absolute Gasteiger partial charge is 0.125 e. The van der Waals surface area contributed by atoms with Crippen molar-refractivity contribution in [3.63, 3.8) is 0 Å². The van der Waals surface area contributed by atoms with Crippen molar-refractivity contribution in [3.8, 4) is 0 Å². The molecular weight excluding hydrogens is 687 g/mol. The lowest BCUT2D eigenvalue weighted by Gasteiger charge is -2.74. The summed E-state index contributed by atoms with van der Waals surface area (Å²) in [6, 6.07) is 15.8. The Kier molecular flexibility index (Phi) is 6.70. The maximum absolute atomic E-state index is 4.14. The highest BCUT2D eigenvalue weighted by Crippen LogP contribution is 2.83. The van der Waals surface area contributed by atoms with E-state index >= 15 is 0 Å². The molecule has 0 aromatic heterocycles. The minimum Gasteiger partial charge on any atom is -0.125 e. The van der Waals surface area contributed by atoms with Gasteiger partial charge >= 0.3 is 0 Å². The molecule has 0 radical (unpaired) electrons. The molecule has 2 atom stereocenters. The Balaban J connectivity index is 1.08. The van der Waals surface area contributed by atoms with Gasteiger partial charge in [-0.05, 0) is 269 Å². The van der Waals surface area contributed by atoms with Gasteiger partial charge in [-0.15, -0.1) is 18.5 Å². The smallest absolute Gasteiger partial charge is 0.0219 e. The number of hydrogen-bond donors (Lipinski definition) is 0. The Bertz CT molecular complexity index is 1680. The zero-order valence-electron chi connectivity index (χ0n) is 33.5. The van der Waals surface area contributed by atoms with Crippen LogP contribution in [0.15, 0.2) is 36.4 Å². The monoisotopic (exact) mass is 756 g/mol. The number of rotatable bonds is 6. The Morgan fingerprint density at radius 1 is 0.352 bits per heavy atom. The highest BCUT2D eigenvalue weighted by atomic mass is 31.0. The molecule has 2 unspecified atom stereocenters. The third kappa shape index (κ3) is 4.09. The summed E-state index contributed by atoms with van der Waals surface area (Å²) in [5, 5.41) is 3.66.